The summed E-state index contributed by atoms with van der Waals surface area (Å²) in [5.74, 6) is 0. The van der Waals surface area contributed by atoms with Crippen molar-refractivity contribution < 1.29 is 4.74 Å². The quantitative estimate of drug-likeness (QED) is 0.839. The van der Waals surface area contributed by atoms with E-state index in [2.05, 4.69) is 33.4 Å². The molecule has 0 saturated carbocycles. The van der Waals surface area contributed by atoms with E-state index >= 15 is 0 Å². The van der Waals surface area contributed by atoms with Gasteiger partial charge in [-0.2, -0.15) is 0 Å². The highest BCUT2D eigenvalue weighted by Crippen LogP contribution is 2.29. The van der Waals surface area contributed by atoms with E-state index in [0.29, 0.717) is 0 Å². The van der Waals surface area contributed by atoms with Gasteiger partial charge in [0.15, 0.2) is 0 Å². The van der Waals surface area contributed by atoms with Gasteiger partial charge in [-0.15, -0.1) is 11.3 Å². The fourth-order valence-corrected chi connectivity index (χ4v) is 2.87. The highest BCUT2D eigenvalue weighted by Gasteiger charge is 2.15. The minimum Gasteiger partial charge on any atom is -0.371 e. The fraction of sp³-hybridized carbons (Fsp3) is 0.556. The van der Waals surface area contributed by atoms with Crippen LogP contribution in [0.5, 0.6) is 0 Å². The molecule has 1 fully saturated rings. The maximum atomic E-state index is 5.73. The first-order chi connectivity index (χ1) is 6.36. The third-order valence-electron chi connectivity index (χ3n) is 2.06. The van der Waals surface area contributed by atoms with E-state index in [0.717, 1.165) is 26.1 Å². The van der Waals surface area contributed by atoms with Gasteiger partial charge in [0, 0.05) is 18.0 Å². The highest BCUT2D eigenvalue weighted by molar-refractivity contribution is 9.11. The number of thiophene rings is 1. The zero-order valence-corrected chi connectivity index (χ0v) is 9.66. The minimum atomic E-state index is 0.249. The van der Waals surface area contributed by atoms with E-state index < -0.39 is 0 Å². The molecule has 2 nitrogen and oxygen atoms in total. The van der Waals surface area contributed by atoms with Crippen molar-refractivity contribution in [3.8, 4) is 0 Å². The predicted molar refractivity (Wildman–Crippen MR) is 58.2 cm³/mol. The van der Waals surface area contributed by atoms with Gasteiger partial charge < -0.3 is 10.1 Å². The molecule has 4 heteroatoms. The molecule has 0 aromatic carbocycles. The summed E-state index contributed by atoms with van der Waals surface area (Å²) in [6.45, 7) is 2.88. The van der Waals surface area contributed by atoms with Gasteiger partial charge in [0.2, 0.25) is 0 Å². The average Bonchev–Trinajstić information content (AvgIpc) is 2.43. The standard InChI is InChI=1S/C9H12BrNOS/c10-9-3-2-8(13-9)7-6-11-4-1-5-12-7/h2-3,7,11H,1,4-6H2. The van der Waals surface area contributed by atoms with Crippen molar-refractivity contribution in [2.24, 2.45) is 0 Å². The summed E-state index contributed by atoms with van der Waals surface area (Å²) >= 11 is 5.22. The molecule has 13 heavy (non-hydrogen) atoms. The Bertz CT molecular complexity index is 268. The normalized spacial score (nSPS) is 24.2. The first kappa shape index (κ1) is 9.65. The zero-order chi connectivity index (χ0) is 9.10. The van der Waals surface area contributed by atoms with E-state index in [-0.39, 0.29) is 6.10 Å². The molecule has 0 aliphatic carbocycles. The van der Waals surface area contributed by atoms with Crippen LogP contribution in [-0.4, -0.2) is 19.7 Å². The maximum absolute atomic E-state index is 5.73. The smallest absolute Gasteiger partial charge is 0.104 e. The Morgan fingerprint density at radius 1 is 1.54 bits per heavy atom. The van der Waals surface area contributed by atoms with Crippen LogP contribution in [0.4, 0.5) is 0 Å². The molecule has 1 unspecified atom stereocenters. The second kappa shape index (κ2) is 4.55. The summed E-state index contributed by atoms with van der Waals surface area (Å²) in [4.78, 5) is 1.31. The van der Waals surface area contributed by atoms with Crippen LogP contribution in [0, 0.1) is 0 Å². The van der Waals surface area contributed by atoms with Crippen LogP contribution in [0.2, 0.25) is 0 Å². The first-order valence-electron chi connectivity index (χ1n) is 4.44. The number of rotatable bonds is 1. The largest absolute Gasteiger partial charge is 0.371 e. The number of ether oxygens (including phenoxy) is 1. The van der Waals surface area contributed by atoms with Crippen LogP contribution in [0.15, 0.2) is 15.9 Å². The van der Waals surface area contributed by atoms with Crippen LogP contribution in [0.3, 0.4) is 0 Å². The molecule has 72 valence electrons. The molecule has 0 spiro atoms. The number of hydrogen-bond donors (Lipinski definition) is 1. The lowest BCUT2D eigenvalue weighted by molar-refractivity contribution is 0.0694. The highest BCUT2D eigenvalue weighted by atomic mass is 79.9. The van der Waals surface area contributed by atoms with Gasteiger partial charge in [-0.1, -0.05) is 0 Å². The van der Waals surface area contributed by atoms with Gasteiger partial charge in [0.1, 0.15) is 6.10 Å². The average molecular weight is 262 g/mol. The Labute approximate surface area is 90.4 Å². The van der Waals surface area contributed by atoms with Crippen molar-refractivity contribution in [3.63, 3.8) is 0 Å². The molecule has 0 radical (unpaired) electrons. The van der Waals surface area contributed by atoms with E-state index in [1.54, 1.807) is 11.3 Å². The topological polar surface area (TPSA) is 21.3 Å². The summed E-state index contributed by atoms with van der Waals surface area (Å²) in [6.07, 6.45) is 1.36. The van der Waals surface area contributed by atoms with Crippen molar-refractivity contribution in [2.75, 3.05) is 19.7 Å². The van der Waals surface area contributed by atoms with Gasteiger partial charge in [-0.3, -0.25) is 0 Å². The van der Waals surface area contributed by atoms with Gasteiger partial charge in [-0.05, 0) is 41.0 Å². The second-order valence-corrected chi connectivity index (χ2v) is 5.55. The van der Waals surface area contributed by atoms with Crippen LogP contribution in [-0.2, 0) is 4.74 Å². The molecule has 0 amide bonds. The summed E-state index contributed by atoms with van der Waals surface area (Å²) in [5.41, 5.74) is 0. The maximum Gasteiger partial charge on any atom is 0.104 e. The van der Waals surface area contributed by atoms with Gasteiger partial charge >= 0.3 is 0 Å². The lowest BCUT2D eigenvalue weighted by Gasteiger charge is -2.12. The van der Waals surface area contributed by atoms with E-state index in [1.165, 1.54) is 8.66 Å². The summed E-state index contributed by atoms with van der Waals surface area (Å²) < 4.78 is 6.91. The molecule has 0 bridgehead atoms. The van der Waals surface area contributed by atoms with Crippen molar-refractivity contribution in [1.82, 2.24) is 5.32 Å². The Morgan fingerprint density at radius 3 is 3.23 bits per heavy atom. The Hall–Kier alpha value is 0.1000. The molecule has 2 heterocycles. The van der Waals surface area contributed by atoms with Crippen LogP contribution in [0.25, 0.3) is 0 Å². The zero-order valence-electron chi connectivity index (χ0n) is 7.25. The Morgan fingerprint density at radius 2 is 2.46 bits per heavy atom. The van der Waals surface area contributed by atoms with Crippen molar-refractivity contribution in [1.29, 1.82) is 0 Å². The molecule has 1 aromatic heterocycles. The molecular formula is C9H12BrNOS. The van der Waals surface area contributed by atoms with Gasteiger partial charge in [0.25, 0.3) is 0 Å². The van der Waals surface area contributed by atoms with Gasteiger partial charge in [0.05, 0.1) is 3.79 Å². The fourth-order valence-electron chi connectivity index (χ4n) is 1.40. The predicted octanol–water partition coefficient (Wildman–Crippen LogP) is 2.56. The van der Waals surface area contributed by atoms with Gasteiger partial charge in [-0.25, -0.2) is 0 Å². The van der Waals surface area contributed by atoms with Crippen molar-refractivity contribution in [3.05, 3.63) is 20.8 Å². The van der Waals surface area contributed by atoms with E-state index in [1.807, 2.05) is 0 Å². The summed E-state index contributed by atoms with van der Waals surface area (Å²) in [7, 11) is 0. The Kier molecular flexibility index (Phi) is 3.38. The molecule has 1 saturated heterocycles. The Balaban J connectivity index is 2.06. The molecule has 1 aliphatic rings. The number of halogens is 1. The summed E-state index contributed by atoms with van der Waals surface area (Å²) in [5, 5.41) is 3.37. The second-order valence-electron chi connectivity index (χ2n) is 3.06. The molecule has 1 N–H and O–H groups in total. The van der Waals surface area contributed by atoms with Crippen LogP contribution in [0.1, 0.15) is 17.4 Å². The monoisotopic (exact) mass is 261 g/mol. The van der Waals surface area contributed by atoms with E-state index in [4.69, 9.17) is 4.74 Å². The minimum absolute atomic E-state index is 0.249. The SMILES string of the molecule is Brc1ccc(C2CNCCCO2)s1. The molecule has 1 aromatic rings. The molecule has 2 rings (SSSR count). The van der Waals surface area contributed by atoms with Crippen molar-refractivity contribution >= 4 is 27.3 Å². The number of nitrogens with one attached hydrogen (secondary N) is 1. The number of hydrogen-bond acceptors (Lipinski definition) is 3. The third kappa shape index (κ3) is 2.53. The van der Waals surface area contributed by atoms with Crippen LogP contribution >= 0.6 is 27.3 Å². The molecule has 1 atom stereocenters. The van der Waals surface area contributed by atoms with E-state index in [9.17, 15) is 0 Å². The third-order valence-corrected chi connectivity index (χ3v) is 3.77. The first-order valence-corrected chi connectivity index (χ1v) is 6.05. The van der Waals surface area contributed by atoms with Crippen LogP contribution < -0.4 is 5.32 Å². The molecular weight excluding hydrogens is 250 g/mol. The summed E-state index contributed by atoms with van der Waals surface area (Å²) in [6, 6.07) is 4.21. The lowest BCUT2D eigenvalue weighted by Crippen LogP contribution is -2.19. The lowest BCUT2D eigenvalue weighted by atomic mass is 10.3. The van der Waals surface area contributed by atoms with Crippen molar-refractivity contribution in [2.45, 2.75) is 12.5 Å². The molecule has 1 aliphatic heterocycles.